The predicted octanol–water partition coefficient (Wildman–Crippen LogP) is 2.29. The summed E-state index contributed by atoms with van der Waals surface area (Å²) in [6.45, 7) is 4.09. The first-order valence-corrected chi connectivity index (χ1v) is 4.95. The van der Waals surface area contributed by atoms with E-state index in [2.05, 4.69) is 6.58 Å². The molecule has 2 nitrogen and oxygen atoms in total. The monoisotopic (exact) mass is 205 g/mol. The van der Waals surface area contributed by atoms with Crippen molar-refractivity contribution in [1.29, 1.82) is 0 Å². The SMILES string of the molecule is C=CC(=O)N1CCCc2c(F)cccc21. The van der Waals surface area contributed by atoms with Gasteiger partial charge in [-0.3, -0.25) is 4.79 Å². The Hall–Kier alpha value is -1.64. The van der Waals surface area contributed by atoms with Crippen molar-refractivity contribution in [2.24, 2.45) is 0 Å². The smallest absolute Gasteiger partial charge is 0.250 e. The molecule has 1 aliphatic heterocycles. The van der Waals surface area contributed by atoms with E-state index in [-0.39, 0.29) is 11.7 Å². The zero-order chi connectivity index (χ0) is 10.8. The summed E-state index contributed by atoms with van der Waals surface area (Å²) in [4.78, 5) is 13.1. The molecule has 0 spiro atoms. The van der Waals surface area contributed by atoms with Crippen LogP contribution in [0, 0.1) is 5.82 Å². The minimum Gasteiger partial charge on any atom is -0.309 e. The number of fused-ring (bicyclic) bond motifs is 1. The number of anilines is 1. The number of rotatable bonds is 1. The summed E-state index contributed by atoms with van der Waals surface area (Å²) in [5.74, 6) is -0.393. The lowest BCUT2D eigenvalue weighted by Crippen LogP contribution is -2.34. The first-order valence-electron chi connectivity index (χ1n) is 4.95. The molecule has 0 N–H and O–H groups in total. The molecule has 0 saturated carbocycles. The van der Waals surface area contributed by atoms with E-state index in [9.17, 15) is 9.18 Å². The molecular formula is C12H12FNO. The Morgan fingerprint density at radius 1 is 1.53 bits per heavy atom. The standard InChI is InChI=1S/C12H12FNO/c1-2-12(15)14-8-4-5-9-10(13)6-3-7-11(9)14/h2-3,6-7H,1,4-5,8H2. The Balaban J connectivity index is 2.47. The molecule has 2 rings (SSSR count). The summed E-state index contributed by atoms with van der Waals surface area (Å²) in [6.07, 6.45) is 2.76. The third-order valence-electron chi connectivity index (χ3n) is 2.63. The van der Waals surface area contributed by atoms with Gasteiger partial charge in [0.05, 0.1) is 5.69 Å². The van der Waals surface area contributed by atoms with E-state index < -0.39 is 0 Å². The first kappa shape index (κ1) is 9.90. The quantitative estimate of drug-likeness (QED) is 0.644. The van der Waals surface area contributed by atoms with Crippen LogP contribution in [-0.4, -0.2) is 12.5 Å². The largest absolute Gasteiger partial charge is 0.309 e. The fraction of sp³-hybridized carbons (Fsp3) is 0.250. The van der Waals surface area contributed by atoms with Crippen molar-refractivity contribution in [3.8, 4) is 0 Å². The molecule has 3 heteroatoms. The van der Waals surface area contributed by atoms with Crippen LogP contribution in [0.4, 0.5) is 10.1 Å². The number of nitrogens with zero attached hydrogens (tertiary/aromatic N) is 1. The third kappa shape index (κ3) is 1.65. The Morgan fingerprint density at radius 2 is 2.33 bits per heavy atom. The van der Waals surface area contributed by atoms with Gasteiger partial charge in [-0.2, -0.15) is 0 Å². The van der Waals surface area contributed by atoms with Crippen LogP contribution >= 0.6 is 0 Å². The lowest BCUT2D eigenvalue weighted by molar-refractivity contribution is -0.114. The molecule has 1 aromatic rings. The number of carbonyl (C=O) groups is 1. The zero-order valence-corrected chi connectivity index (χ0v) is 8.37. The van der Waals surface area contributed by atoms with Gasteiger partial charge in [-0.25, -0.2) is 4.39 Å². The number of amides is 1. The second-order valence-electron chi connectivity index (χ2n) is 3.54. The van der Waals surface area contributed by atoms with E-state index in [1.165, 1.54) is 12.1 Å². The van der Waals surface area contributed by atoms with Crippen molar-refractivity contribution in [1.82, 2.24) is 0 Å². The highest BCUT2D eigenvalue weighted by molar-refractivity contribution is 6.01. The third-order valence-corrected chi connectivity index (χ3v) is 2.63. The Labute approximate surface area is 88.0 Å². The van der Waals surface area contributed by atoms with Gasteiger partial charge < -0.3 is 4.90 Å². The molecular weight excluding hydrogens is 193 g/mol. The highest BCUT2D eigenvalue weighted by atomic mass is 19.1. The van der Waals surface area contributed by atoms with Gasteiger partial charge >= 0.3 is 0 Å². The van der Waals surface area contributed by atoms with Gasteiger partial charge in [0.2, 0.25) is 5.91 Å². The van der Waals surface area contributed by atoms with E-state index in [0.717, 1.165) is 6.42 Å². The molecule has 1 aromatic carbocycles. The van der Waals surface area contributed by atoms with E-state index in [1.54, 1.807) is 17.0 Å². The van der Waals surface area contributed by atoms with Gasteiger partial charge in [0.15, 0.2) is 0 Å². The minimum absolute atomic E-state index is 0.165. The summed E-state index contributed by atoms with van der Waals surface area (Å²) in [7, 11) is 0. The van der Waals surface area contributed by atoms with E-state index >= 15 is 0 Å². The van der Waals surface area contributed by atoms with Gasteiger partial charge in [0, 0.05) is 12.1 Å². The first-order chi connectivity index (χ1) is 7.24. The van der Waals surface area contributed by atoms with Crippen molar-refractivity contribution < 1.29 is 9.18 Å². The Bertz CT molecular complexity index is 414. The normalized spacial score (nSPS) is 14.6. The highest BCUT2D eigenvalue weighted by Crippen LogP contribution is 2.29. The maximum atomic E-state index is 13.4. The van der Waals surface area contributed by atoms with Gasteiger partial charge in [-0.05, 0) is 31.1 Å². The average molecular weight is 205 g/mol. The topological polar surface area (TPSA) is 20.3 Å². The molecule has 0 radical (unpaired) electrons. The summed E-state index contributed by atoms with van der Waals surface area (Å²) in [5.41, 5.74) is 1.32. The molecule has 1 heterocycles. The van der Waals surface area contributed by atoms with Crippen molar-refractivity contribution >= 4 is 11.6 Å². The highest BCUT2D eigenvalue weighted by Gasteiger charge is 2.22. The Morgan fingerprint density at radius 3 is 3.07 bits per heavy atom. The van der Waals surface area contributed by atoms with Crippen molar-refractivity contribution in [2.45, 2.75) is 12.8 Å². The van der Waals surface area contributed by atoms with Crippen molar-refractivity contribution in [2.75, 3.05) is 11.4 Å². The van der Waals surface area contributed by atoms with Crippen LogP contribution in [-0.2, 0) is 11.2 Å². The second kappa shape index (κ2) is 3.85. The number of benzene rings is 1. The zero-order valence-electron chi connectivity index (χ0n) is 8.37. The van der Waals surface area contributed by atoms with Crippen molar-refractivity contribution in [3.63, 3.8) is 0 Å². The minimum atomic E-state index is -0.228. The number of carbonyl (C=O) groups excluding carboxylic acids is 1. The molecule has 0 bridgehead atoms. The van der Waals surface area contributed by atoms with E-state index in [0.29, 0.717) is 24.2 Å². The van der Waals surface area contributed by atoms with Crippen LogP contribution < -0.4 is 4.90 Å². The predicted molar refractivity (Wildman–Crippen MR) is 57.3 cm³/mol. The maximum Gasteiger partial charge on any atom is 0.250 e. The molecule has 0 saturated heterocycles. The van der Waals surface area contributed by atoms with Gasteiger partial charge in [0.25, 0.3) is 0 Å². The molecule has 0 unspecified atom stereocenters. The molecule has 78 valence electrons. The molecule has 0 aliphatic carbocycles. The maximum absolute atomic E-state index is 13.4. The Kier molecular flexibility index (Phi) is 2.54. The van der Waals surface area contributed by atoms with E-state index in [1.807, 2.05) is 0 Å². The molecule has 1 amide bonds. The lowest BCUT2D eigenvalue weighted by Gasteiger charge is -2.28. The fourth-order valence-corrected chi connectivity index (χ4v) is 1.92. The number of hydrogen-bond donors (Lipinski definition) is 0. The molecule has 15 heavy (non-hydrogen) atoms. The molecule has 0 aromatic heterocycles. The van der Waals surface area contributed by atoms with Crippen LogP contribution in [0.1, 0.15) is 12.0 Å². The molecule has 0 atom stereocenters. The summed E-state index contributed by atoms with van der Waals surface area (Å²) >= 11 is 0. The summed E-state index contributed by atoms with van der Waals surface area (Å²) in [6, 6.07) is 4.84. The summed E-state index contributed by atoms with van der Waals surface area (Å²) < 4.78 is 13.4. The number of hydrogen-bond acceptors (Lipinski definition) is 1. The van der Waals surface area contributed by atoms with Gasteiger partial charge in [-0.1, -0.05) is 12.6 Å². The summed E-state index contributed by atoms with van der Waals surface area (Å²) in [5, 5.41) is 0. The lowest BCUT2D eigenvalue weighted by atomic mass is 10.0. The van der Waals surface area contributed by atoms with Crippen LogP contribution in [0.2, 0.25) is 0 Å². The molecule has 1 aliphatic rings. The molecule has 0 fully saturated rings. The van der Waals surface area contributed by atoms with Crippen LogP contribution in [0.15, 0.2) is 30.9 Å². The average Bonchev–Trinajstić information content (AvgIpc) is 2.28. The van der Waals surface area contributed by atoms with Gasteiger partial charge in [0.1, 0.15) is 5.82 Å². The van der Waals surface area contributed by atoms with Crippen LogP contribution in [0.25, 0.3) is 0 Å². The van der Waals surface area contributed by atoms with Crippen LogP contribution in [0.3, 0.4) is 0 Å². The van der Waals surface area contributed by atoms with E-state index in [4.69, 9.17) is 0 Å². The fourth-order valence-electron chi connectivity index (χ4n) is 1.92. The van der Waals surface area contributed by atoms with Crippen molar-refractivity contribution in [3.05, 3.63) is 42.2 Å². The van der Waals surface area contributed by atoms with Crippen LogP contribution in [0.5, 0.6) is 0 Å². The number of halogens is 1. The van der Waals surface area contributed by atoms with Gasteiger partial charge in [-0.15, -0.1) is 0 Å². The second-order valence-corrected chi connectivity index (χ2v) is 3.54.